The minimum absolute atomic E-state index is 0.0464. The third-order valence-electron chi connectivity index (χ3n) is 6.48. The van der Waals surface area contributed by atoms with Gasteiger partial charge in [0, 0.05) is 5.92 Å². The lowest BCUT2D eigenvalue weighted by molar-refractivity contribution is -0.123. The highest BCUT2D eigenvalue weighted by Crippen LogP contribution is 2.66. The maximum absolute atomic E-state index is 12.6. The maximum Gasteiger partial charge on any atom is 0.244 e. The van der Waals surface area contributed by atoms with Crippen LogP contribution in [-0.2, 0) is 11.4 Å². The van der Waals surface area contributed by atoms with Crippen molar-refractivity contribution in [2.75, 3.05) is 7.11 Å². The lowest BCUT2D eigenvalue weighted by atomic mass is 9.90. The molecule has 158 valence electrons. The molecular weight excluding hydrogens is 491 g/mol. The molecule has 0 aliphatic heterocycles. The Labute approximate surface area is 191 Å². The van der Waals surface area contributed by atoms with E-state index in [1.807, 2.05) is 42.5 Å². The molecule has 6 heteroatoms. The number of nitrogens with zero attached hydrogens (tertiary/aromatic N) is 1. The Hall–Kier alpha value is -2.09. The first-order chi connectivity index (χ1) is 14.5. The van der Waals surface area contributed by atoms with E-state index in [-0.39, 0.29) is 17.2 Å². The van der Waals surface area contributed by atoms with Crippen LogP contribution in [0, 0.1) is 20.8 Å². The van der Waals surface area contributed by atoms with Gasteiger partial charge in [0.15, 0.2) is 11.5 Å². The number of ether oxygens (including phenoxy) is 2. The van der Waals surface area contributed by atoms with Crippen LogP contribution in [0.3, 0.4) is 0 Å². The van der Waals surface area contributed by atoms with Gasteiger partial charge in [-0.15, -0.1) is 0 Å². The second kappa shape index (κ2) is 8.96. The first kappa shape index (κ1) is 21.2. The van der Waals surface area contributed by atoms with Gasteiger partial charge in [0.2, 0.25) is 5.91 Å². The largest absolute Gasteiger partial charge is 0.493 e. The summed E-state index contributed by atoms with van der Waals surface area (Å²) < 4.78 is 12.5. The molecular formula is C24H27IN2O3. The Bertz CT molecular complexity index is 947. The molecule has 0 heterocycles. The molecule has 0 bridgehead atoms. The zero-order valence-electron chi connectivity index (χ0n) is 17.4. The summed E-state index contributed by atoms with van der Waals surface area (Å²) in [6.45, 7) is 2.71. The van der Waals surface area contributed by atoms with E-state index >= 15 is 0 Å². The van der Waals surface area contributed by atoms with E-state index in [0.717, 1.165) is 27.5 Å². The lowest BCUT2D eigenvalue weighted by Crippen LogP contribution is -2.22. The fourth-order valence-corrected chi connectivity index (χ4v) is 5.56. The van der Waals surface area contributed by atoms with E-state index in [4.69, 9.17) is 9.47 Å². The highest BCUT2D eigenvalue weighted by Gasteiger charge is 2.64. The zero-order valence-corrected chi connectivity index (χ0v) is 19.5. The predicted molar refractivity (Wildman–Crippen MR) is 126 cm³/mol. The number of hydrogen-bond acceptors (Lipinski definition) is 4. The number of rotatable bonds is 7. The first-order valence-electron chi connectivity index (χ1n) is 10.4. The minimum Gasteiger partial charge on any atom is -0.493 e. The van der Waals surface area contributed by atoms with Gasteiger partial charge in [0.25, 0.3) is 0 Å². The van der Waals surface area contributed by atoms with Crippen LogP contribution in [0.25, 0.3) is 0 Å². The van der Waals surface area contributed by atoms with Crippen LogP contribution in [0.1, 0.15) is 43.7 Å². The number of hydrogen-bond donors (Lipinski definition) is 1. The number of fused-ring (bicyclic) bond motifs is 1. The third kappa shape index (κ3) is 4.33. The van der Waals surface area contributed by atoms with Crippen molar-refractivity contribution in [1.82, 2.24) is 5.43 Å². The van der Waals surface area contributed by atoms with Crippen molar-refractivity contribution in [2.45, 2.75) is 39.2 Å². The smallest absolute Gasteiger partial charge is 0.244 e. The lowest BCUT2D eigenvalue weighted by Gasteiger charge is -2.15. The van der Waals surface area contributed by atoms with Gasteiger partial charge in [-0.25, -0.2) is 5.43 Å². The molecule has 0 saturated heterocycles. The van der Waals surface area contributed by atoms with Crippen LogP contribution in [0.4, 0.5) is 0 Å². The molecule has 4 rings (SSSR count). The third-order valence-corrected chi connectivity index (χ3v) is 7.28. The first-order valence-corrected chi connectivity index (χ1v) is 11.5. The topological polar surface area (TPSA) is 59.9 Å². The maximum atomic E-state index is 12.6. The Balaban J connectivity index is 1.39. The molecule has 2 aliphatic rings. The van der Waals surface area contributed by atoms with E-state index in [9.17, 15) is 4.79 Å². The number of carbonyl (C=O) groups excluding carboxylic acids is 1. The molecule has 2 saturated carbocycles. The molecule has 2 aliphatic carbocycles. The second-order valence-corrected chi connectivity index (χ2v) is 9.54. The molecule has 0 radical (unpaired) electrons. The number of nitrogens with one attached hydrogen (secondary N) is 1. The Morgan fingerprint density at radius 1 is 1.30 bits per heavy atom. The molecule has 0 spiro atoms. The second-order valence-electron chi connectivity index (χ2n) is 8.38. The number of carbonyl (C=O) groups is 1. The summed E-state index contributed by atoms with van der Waals surface area (Å²) in [5.74, 6) is 2.04. The van der Waals surface area contributed by atoms with E-state index in [0.29, 0.717) is 24.0 Å². The fraction of sp³-hybridized carbons (Fsp3) is 0.417. The number of methoxy groups -OCH3 is 1. The summed E-state index contributed by atoms with van der Waals surface area (Å²) in [4.78, 5) is 12.6. The predicted octanol–water partition coefficient (Wildman–Crippen LogP) is 5.16. The molecule has 3 atom stereocenters. The van der Waals surface area contributed by atoms with E-state index in [1.54, 1.807) is 13.3 Å². The van der Waals surface area contributed by atoms with Crippen LogP contribution in [0.2, 0.25) is 0 Å². The standard InChI is InChI=1S/C24H27IN2O3/c1-24-11-7-6-10-18(24)21(24)23(28)27-26-14-17-12-19(25)22(20(13-17)29-2)30-15-16-8-4-3-5-9-16/h3-5,8-9,12-14,18,21H,6-7,10-11,15H2,1-2H3,(H,27,28)/b26-14-/t18-,21-,24-/m0/s1. The molecule has 0 unspecified atom stereocenters. The Morgan fingerprint density at radius 3 is 2.80 bits per heavy atom. The summed E-state index contributed by atoms with van der Waals surface area (Å²) in [6, 6.07) is 13.9. The van der Waals surface area contributed by atoms with Gasteiger partial charge in [-0.2, -0.15) is 5.10 Å². The van der Waals surface area contributed by atoms with Crippen molar-refractivity contribution in [3.05, 3.63) is 57.2 Å². The van der Waals surface area contributed by atoms with Gasteiger partial charge in [0.1, 0.15) is 6.61 Å². The molecule has 0 aromatic heterocycles. The summed E-state index contributed by atoms with van der Waals surface area (Å²) in [7, 11) is 1.62. The van der Waals surface area contributed by atoms with Crippen molar-refractivity contribution in [1.29, 1.82) is 0 Å². The molecule has 2 aromatic rings. The number of benzene rings is 2. The normalized spacial score (nSPS) is 24.9. The molecule has 2 aromatic carbocycles. The van der Waals surface area contributed by atoms with E-state index in [1.165, 1.54) is 12.8 Å². The molecule has 30 heavy (non-hydrogen) atoms. The monoisotopic (exact) mass is 518 g/mol. The molecule has 1 amide bonds. The number of amides is 1. The van der Waals surface area contributed by atoms with Gasteiger partial charge in [-0.1, -0.05) is 50.1 Å². The van der Waals surface area contributed by atoms with E-state index in [2.05, 4.69) is 40.0 Å². The summed E-state index contributed by atoms with van der Waals surface area (Å²) in [5, 5.41) is 4.21. The Kier molecular flexibility index (Phi) is 6.32. The van der Waals surface area contributed by atoms with Gasteiger partial charge in [-0.3, -0.25) is 4.79 Å². The minimum atomic E-state index is 0.0464. The zero-order chi connectivity index (χ0) is 21.1. The van der Waals surface area contributed by atoms with Crippen molar-refractivity contribution in [3.63, 3.8) is 0 Å². The molecule has 1 N–H and O–H groups in total. The van der Waals surface area contributed by atoms with Crippen LogP contribution < -0.4 is 14.9 Å². The summed E-state index contributed by atoms with van der Waals surface area (Å²) >= 11 is 2.23. The average Bonchev–Trinajstić information content (AvgIpc) is 3.38. The van der Waals surface area contributed by atoms with E-state index < -0.39 is 0 Å². The average molecular weight is 518 g/mol. The van der Waals surface area contributed by atoms with Gasteiger partial charge in [0.05, 0.1) is 16.9 Å². The van der Waals surface area contributed by atoms with Crippen LogP contribution in [-0.4, -0.2) is 19.2 Å². The summed E-state index contributed by atoms with van der Waals surface area (Å²) in [6.07, 6.45) is 6.45. The highest BCUT2D eigenvalue weighted by atomic mass is 127. The van der Waals surface area contributed by atoms with Crippen molar-refractivity contribution in [3.8, 4) is 11.5 Å². The number of hydrazone groups is 1. The van der Waals surface area contributed by atoms with Crippen LogP contribution >= 0.6 is 22.6 Å². The summed E-state index contributed by atoms with van der Waals surface area (Å²) in [5.41, 5.74) is 4.88. The van der Waals surface area contributed by atoms with Crippen molar-refractivity contribution in [2.24, 2.45) is 22.4 Å². The van der Waals surface area contributed by atoms with Crippen LogP contribution in [0.5, 0.6) is 11.5 Å². The number of halogens is 1. The van der Waals surface area contributed by atoms with Crippen molar-refractivity contribution >= 4 is 34.7 Å². The fourth-order valence-electron chi connectivity index (χ4n) is 4.77. The van der Waals surface area contributed by atoms with Crippen molar-refractivity contribution < 1.29 is 14.3 Å². The Morgan fingerprint density at radius 2 is 2.10 bits per heavy atom. The van der Waals surface area contributed by atoms with Gasteiger partial charge >= 0.3 is 0 Å². The molecule has 5 nitrogen and oxygen atoms in total. The quantitative estimate of drug-likeness (QED) is 0.313. The SMILES string of the molecule is COc1cc(/C=N\NC(=O)[C@@H]2[C@@H]3CCCC[C@]23C)cc(I)c1OCc1ccccc1. The van der Waals surface area contributed by atoms with Gasteiger partial charge in [-0.05, 0) is 70.0 Å². The highest BCUT2D eigenvalue weighted by molar-refractivity contribution is 14.1. The van der Waals surface area contributed by atoms with Crippen LogP contribution in [0.15, 0.2) is 47.6 Å². The molecule has 2 fully saturated rings. The van der Waals surface area contributed by atoms with Gasteiger partial charge < -0.3 is 9.47 Å².